The number of ether oxygens (including phenoxy) is 3. The van der Waals surface area contributed by atoms with Crippen LogP contribution in [0.5, 0.6) is 0 Å². The van der Waals surface area contributed by atoms with Gasteiger partial charge in [-0.3, -0.25) is 18.9 Å². The van der Waals surface area contributed by atoms with E-state index in [1.807, 2.05) is 0 Å². The summed E-state index contributed by atoms with van der Waals surface area (Å²) in [6.07, 6.45) is 3.16. The minimum absolute atomic E-state index is 0.0854. The number of hydrogen-bond acceptors (Lipinski definition) is 9. The molecule has 1 aliphatic heterocycles. The highest BCUT2D eigenvalue weighted by Gasteiger charge is 2.75. The SMILES string of the molecule is O=CC1(COCCS(=O)(=O)O)C2CC3C(OC(=O)C31)C2OC(=O)C12CC3CC(C1)C(=O)[C@H](C3)C2. The van der Waals surface area contributed by atoms with Crippen LogP contribution in [0.25, 0.3) is 0 Å². The summed E-state index contributed by atoms with van der Waals surface area (Å²) in [6.45, 7) is -0.553. The smallest absolute Gasteiger partial charge is 0.312 e. The number of ketones is 1. The molecule has 7 fully saturated rings. The predicted molar refractivity (Wildman–Crippen MR) is 112 cm³/mol. The van der Waals surface area contributed by atoms with E-state index in [-0.39, 0.29) is 42.7 Å². The summed E-state index contributed by atoms with van der Waals surface area (Å²) in [7, 11) is -4.23. The molecule has 10 nitrogen and oxygen atoms in total. The molecular formula is C23H28O10S. The van der Waals surface area contributed by atoms with E-state index in [9.17, 15) is 27.6 Å². The molecule has 1 heterocycles. The third-order valence-corrected chi connectivity index (χ3v) is 10.3. The Hall–Kier alpha value is -1.85. The second-order valence-corrected chi connectivity index (χ2v) is 12.9. The Kier molecular flexibility index (Phi) is 4.87. The molecule has 7 aliphatic rings. The first kappa shape index (κ1) is 22.6. The molecule has 0 aromatic heterocycles. The number of esters is 2. The number of carbonyl (C=O) groups is 4. The molecular weight excluding hydrogens is 468 g/mol. The van der Waals surface area contributed by atoms with Crippen molar-refractivity contribution in [2.24, 2.45) is 46.3 Å². The van der Waals surface area contributed by atoms with Crippen molar-refractivity contribution in [1.82, 2.24) is 0 Å². The van der Waals surface area contributed by atoms with Gasteiger partial charge in [-0.25, -0.2) is 0 Å². The van der Waals surface area contributed by atoms with Crippen molar-refractivity contribution < 1.29 is 46.4 Å². The van der Waals surface area contributed by atoms with Crippen LogP contribution in [-0.2, 0) is 43.5 Å². The summed E-state index contributed by atoms with van der Waals surface area (Å²) in [5.74, 6) is -2.54. The standard InChI is InChI=1S/C23H28O10S/c24-9-23(10-31-1-2-34(28,29)30)15-5-14-16(23)20(26)32-18(14)19(15)33-21(27)22-6-11-3-12(7-22)17(25)13(4-11)8-22/h9,11-16,18-19H,1-8,10H2,(H,28,29,30)/t11?,12-,13?,14?,15?,16?,18?,19?,22?,23?/m1/s1. The van der Waals surface area contributed by atoms with E-state index in [1.54, 1.807) is 0 Å². The summed E-state index contributed by atoms with van der Waals surface area (Å²) < 4.78 is 48.0. The topological polar surface area (TPSA) is 150 Å². The highest BCUT2D eigenvalue weighted by atomic mass is 32.2. The molecule has 6 saturated carbocycles. The molecule has 7 rings (SSSR count). The summed E-state index contributed by atoms with van der Waals surface area (Å²) in [5, 5.41) is 0. The lowest BCUT2D eigenvalue weighted by molar-refractivity contribution is -0.189. The van der Waals surface area contributed by atoms with Crippen molar-refractivity contribution in [3.8, 4) is 0 Å². The van der Waals surface area contributed by atoms with Gasteiger partial charge in [-0.1, -0.05) is 0 Å². The zero-order valence-electron chi connectivity index (χ0n) is 18.6. The van der Waals surface area contributed by atoms with E-state index in [4.69, 9.17) is 18.8 Å². The van der Waals surface area contributed by atoms with Crippen molar-refractivity contribution in [2.45, 2.75) is 50.7 Å². The van der Waals surface area contributed by atoms with E-state index in [0.29, 0.717) is 37.9 Å². The van der Waals surface area contributed by atoms with Gasteiger partial charge >= 0.3 is 11.9 Å². The molecule has 0 spiro atoms. The molecule has 1 N–H and O–H groups in total. The van der Waals surface area contributed by atoms with Gasteiger partial charge in [-0.2, -0.15) is 8.42 Å². The molecule has 6 aliphatic carbocycles. The third-order valence-electron chi connectivity index (χ3n) is 9.60. The fraction of sp³-hybridized carbons (Fsp3) is 0.826. The number of carbonyl (C=O) groups excluding carboxylic acids is 4. The fourth-order valence-corrected chi connectivity index (χ4v) is 8.80. The molecule has 0 radical (unpaired) electrons. The van der Waals surface area contributed by atoms with Crippen molar-refractivity contribution in [2.75, 3.05) is 19.0 Å². The maximum Gasteiger partial charge on any atom is 0.312 e. The number of Topliss-reactive ketones (excluding diaryl/α,β-unsaturated/α-hetero) is 1. The summed E-state index contributed by atoms with van der Waals surface area (Å²) >= 11 is 0. The van der Waals surface area contributed by atoms with E-state index < -0.39 is 56.7 Å². The molecule has 34 heavy (non-hydrogen) atoms. The Morgan fingerprint density at radius 3 is 2.50 bits per heavy atom. The second kappa shape index (κ2) is 7.33. The Balaban J connectivity index is 1.22. The summed E-state index contributed by atoms with van der Waals surface area (Å²) in [4.78, 5) is 51.2. The third kappa shape index (κ3) is 3.08. The van der Waals surface area contributed by atoms with Crippen LogP contribution >= 0.6 is 0 Å². The number of fused-ring (bicyclic) bond motifs is 1. The van der Waals surface area contributed by atoms with Gasteiger partial charge in [0, 0.05) is 23.7 Å². The molecule has 11 heteroatoms. The van der Waals surface area contributed by atoms with Crippen LogP contribution in [0.2, 0.25) is 0 Å². The van der Waals surface area contributed by atoms with Crippen molar-refractivity contribution >= 4 is 34.1 Å². The van der Waals surface area contributed by atoms with E-state index in [2.05, 4.69) is 0 Å². The Morgan fingerprint density at radius 2 is 1.85 bits per heavy atom. The van der Waals surface area contributed by atoms with Crippen molar-refractivity contribution in [3.05, 3.63) is 0 Å². The minimum Gasteiger partial charge on any atom is -0.458 e. The number of rotatable bonds is 8. The van der Waals surface area contributed by atoms with Crippen molar-refractivity contribution in [1.29, 1.82) is 0 Å². The van der Waals surface area contributed by atoms with Gasteiger partial charge in [-0.15, -0.1) is 0 Å². The molecule has 0 aromatic rings. The molecule has 0 aromatic carbocycles. The maximum absolute atomic E-state index is 13.6. The van der Waals surface area contributed by atoms with Crippen LogP contribution in [0.15, 0.2) is 0 Å². The van der Waals surface area contributed by atoms with Crippen LogP contribution < -0.4 is 0 Å². The van der Waals surface area contributed by atoms with E-state index in [0.717, 1.165) is 12.8 Å². The maximum atomic E-state index is 13.6. The number of hydrogen-bond donors (Lipinski definition) is 1. The van der Waals surface area contributed by atoms with Gasteiger partial charge in [-0.05, 0) is 44.4 Å². The van der Waals surface area contributed by atoms with Gasteiger partial charge in [0.05, 0.1) is 35.7 Å². The van der Waals surface area contributed by atoms with Crippen LogP contribution in [0.4, 0.5) is 0 Å². The monoisotopic (exact) mass is 496 g/mol. The van der Waals surface area contributed by atoms with Crippen LogP contribution in [0, 0.1) is 46.3 Å². The average Bonchev–Trinajstić information content (AvgIpc) is 3.37. The van der Waals surface area contributed by atoms with Crippen LogP contribution in [0.1, 0.15) is 38.5 Å². The number of aldehydes is 1. The molecule has 0 amide bonds. The lowest BCUT2D eigenvalue weighted by Crippen LogP contribution is -2.57. The lowest BCUT2D eigenvalue weighted by atomic mass is 9.49. The first-order chi connectivity index (χ1) is 16.1. The van der Waals surface area contributed by atoms with Crippen LogP contribution in [-0.4, -0.2) is 68.2 Å². The normalized spacial score (nSPS) is 47.8. The Morgan fingerprint density at radius 1 is 1.15 bits per heavy atom. The van der Waals surface area contributed by atoms with Gasteiger partial charge in [0.15, 0.2) is 0 Å². The average molecular weight is 497 g/mol. The second-order valence-electron chi connectivity index (χ2n) is 11.4. The fourth-order valence-electron chi connectivity index (χ4n) is 8.47. The minimum atomic E-state index is -4.23. The van der Waals surface area contributed by atoms with E-state index in [1.165, 1.54) is 0 Å². The highest BCUT2D eigenvalue weighted by Crippen LogP contribution is 2.65. The summed E-state index contributed by atoms with van der Waals surface area (Å²) in [5.41, 5.74) is -1.97. The Bertz CT molecular complexity index is 1050. The highest BCUT2D eigenvalue weighted by molar-refractivity contribution is 7.85. The zero-order valence-corrected chi connectivity index (χ0v) is 19.4. The zero-order chi connectivity index (χ0) is 24.0. The molecule has 10 atom stereocenters. The summed E-state index contributed by atoms with van der Waals surface area (Å²) in [6, 6.07) is 0. The first-order valence-electron chi connectivity index (χ1n) is 12.0. The quantitative estimate of drug-likeness (QED) is 0.219. The molecule has 6 bridgehead atoms. The van der Waals surface area contributed by atoms with Gasteiger partial charge in [0.1, 0.15) is 24.3 Å². The lowest BCUT2D eigenvalue weighted by Gasteiger charge is -2.54. The predicted octanol–water partition coefficient (Wildman–Crippen LogP) is 0.575. The van der Waals surface area contributed by atoms with Gasteiger partial charge in [0.2, 0.25) is 0 Å². The van der Waals surface area contributed by atoms with Crippen LogP contribution in [0.3, 0.4) is 0 Å². The van der Waals surface area contributed by atoms with E-state index >= 15 is 0 Å². The molecule has 1 saturated heterocycles. The van der Waals surface area contributed by atoms with Crippen molar-refractivity contribution in [3.63, 3.8) is 0 Å². The van der Waals surface area contributed by atoms with Gasteiger partial charge in [0.25, 0.3) is 10.1 Å². The first-order valence-corrected chi connectivity index (χ1v) is 13.6. The van der Waals surface area contributed by atoms with Gasteiger partial charge < -0.3 is 19.0 Å². The molecule has 9 unspecified atom stereocenters. The molecule has 186 valence electrons. The Labute approximate surface area is 196 Å². The largest absolute Gasteiger partial charge is 0.458 e.